The van der Waals surface area contributed by atoms with Crippen molar-refractivity contribution in [2.24, 2.45) is 5.73 Å². The van der Waals surface area contributed by atoms with Crippen molar-refractivity contribution >= 4 is 36.7 Å². The summed E-state index contributed by atoms with van der Waals surface area (Å²) < 4.78 is 30.1. The molecule has 0 aliphatic rings. The van der Waals surface area contributed by atoms with Crippen LogP contribution in [0.2, 0.25) is 0 Å². The van der Waals surface area contributed by atoms with Gasteiger partial charge in [0.1, 0.15) is 18.8 Å². The van der Waals surface area contributed by atoms with Gasteiger partial charge in [0.25, 0.3) is 0 Å². The molecule has 0 saturated carbocycles. The van der Waals surface area contributed by atoms with Gasteiger partial charge in [-0.1, -0.05) is 24.3 Å². The highest BCUT2D eigenvalue weighted by molar-refractivity contribution is 5.89. The predicted octanol–water partition coefficient (Wildman–Crippen LogP) is 3.84. The molecule has 0 radical (unpaired) electrons. The average Bonchev–Trinajstić information content (AvgIpc) is 2.84. The van der Waals surface area contributed by atoms with Crippen molar-refractivity contribution in [2.45, 2.75) is 39.3 Å². The normalized spacial score (nSPS) is 11.7. The highest BCUT2D eigenvalue weighted by atomic mass is 35.5. The zero-order valence-corrected chi connectivity index (χ0v) is 21.5. The molecular weight excluding hydrogens is 510 g/mol. The van der Waals surface area contributed by atoms with Crippen LogP contribution in [-0.2, 0) is 30.2 Å². The Morgan fingerprint density at radius 3 is 2.03 bits per heavy atom. The maximum Gasteiger partial charge on any atom is 0.513 e. The Balaban J connectivity index is 0.00000684. The molecule has 2 aromatic rings. The molecule has 202 valence electrons. The molecule has 0 aromatic heterocycles. The smallest absolute Gasteiger partial charge is 0.461 e. The quantitative estimate of drug-likeness (QED) is 0.252. The van der Waals surface area contributed by atoms with Crippen LogP contribution in [0, 0.1) is 0 Å². The molecule has 0 heterocycles. The van der Waals surface area contributed by atoms with Gasteiger partial charge in [0.15, 0.2) is 11.5 Å². The predicted molar refractivity (Wildman–Crippen MR) is 133 cm³/mol. The summed E-state index contributed by atoms with van der Waals surface area (Å²) in [5, 5.41) is 0. The summed E-state index contributed by atoms with van der Waals surface area (Å²) in [6.45, 7) is 4.76. The van der Waals surface area contributed by atoms with Crippen LogP contribution in [0.15, 0.2) is 48.5 Å². The Bertz CT molecular complexity index is 1050. The van der Waals surface area contributed by atoms with Crippen molar-refractivity contribution in [2.75, 3.05) is 19.8 Å². The lowest BCUT2D eigenvalue weighted by atomic mass is 10.1. The van der Waals surface area contributed by atoms with Crippen LogP contribution in [0.5, 0.6) is 11.5 Å². The summed E-state index contributed by atoms with van der Waals surface area (Å²) in [4.78, 5) is 47.9. The highest BCUT2D eigenvalue weighted by Crippen LogP contribution is 2.30. The third-order valence-electron chi connectivity index (χ3n) is 4.46. The Labute approximate surface area is 220 Å². The van der Waals surface area contributed by atoms with Crippen molar-refractivity contribution in [3.63, 3.8) is 0 Å². The fourth-order valence-electron chi connectivity index (χ4n) is 2.82. The van der Waals surface area contributed by atoms with Crippen LogP contribution in [0.4, 0.5) is 9.59 Å². The number of rotatable bonds is 11. The summed E-state index contributed by atoms with van der Waals surface area (Å²) in [7, 11) is 0. The first kappa shape index (κ1) is 31.2. The number of esters is 2. The molecule has 2 aromatic carbocycles. The van der Waals surface area contributed by atoms with E-state index in [1.165, 1.54) is 18.2 Å². The number of hydrogen-bond acceptors (Lipinski definition) is 11. The van der Waals surface area contributed by atoms with Crippen LogP contribution in [0.3, 0.4) is 0 Å². The molecule has 0 spiro atoms. The standard InChI is InChI=1S/C25H29NO10.ClH/c1-4-31-24(29)35-20-12-11-17(14-21(20)36-25(30)32-5-2)13-19(26)23(28)33-15-16(3)34-22(27)18-9-7-6-8-10-18;/h6-12,14,16,19H,4-5,13,15,26H2,1-3H3;1H/t16-,19+;/m1./s1. The molecule has 0 aliphatic carbocycles. The minimum atomic E-state index is -1.07. The van der Waals surface area contributed by atoms with E-state index < -0.39 is 36.4 Å². The van der Waals surface area contributed by atoms with E-state index in [1.54, 1.807) is 51.1 Å². The fraction of sp³-hybridized carbons (Fsp3) is 0.360. The maximum absolute atomic E-state index is 12.4. The summed E-state index contributed by atoms with van der Waals surface area (Å²) in [5.74, 6) is -1.48. The number of nitrogens with two attached hydrogens (primary N) is 1. The molecule has 0 bridgehead atoms. The molecule has 2 N–H and O–H groups in total. The third-order valence-corrected chi connectivity index (χ3v) is 4.46. The number of benzene rings is 2. The monoisotopic (exact) mass is 539 g/mol. The summed E-state index contributed by atoms with van der Waals surface area (Å²) in [6, 6.07) is 11.6. The maximum atomic E-state index is 12.4. The number of carbonyl (C=O) groups excluding carboxylic acids is 4. The third kappa shape index (κ3) is 10.8. The van der Waals surface area contributed by atoms with Gasteiger partial charge >= 0.3 is 24.2 Å². The van der Waals surface area contributed by atoms with Gasteiger partial charge in [0.05, 0.1) is 18.8 Å². The second kappa shape index (κ2) is 16.0. The number of hydrogen-bond donors (Lipinski definition) is 1. The Hall–Kier alpha value is -3.83. The molecule has 0 amide bonds. The first-order chi connectivity index (χ1) is 17.2. The molecule has 37 heavy (non-hydrogen) atoms. The van der Waals surface area contributed by atoms with Gasteiger partial charge in [0.2, 0.25) is 0 Å². The minimum absolute atomic E-state index is 0. The molecule has 2 rings (SSSR count). The van der Waals surface area contributed by atoms with Crippen LogP contribution in [0.25, 0.3) is 0 Å². The second-order valence-corrected chi connectivity index (χ2v) is 7.37. The first-order valence-electron chi connectivity index (χ1n) is 11.2. The van der Waals surface area contributed by atoms with Crippen LogP contribution >= 0.6 is 12.4 Å². The lowest BCUT2D eigenvalue weighted by Gasteiger charge is -2.17. The van der Waals surface area contributed by atoms with E-state index in [0.29, 0.717) is 11.1 Å². The number of carbonyl (C=O) groups is 4. The molecular formula is C25H30ClNO10. The van der Waals surface area contributed by atoms with Crippen molar-refractivity contribution < 1.29 is 47.6 Å². The van der Waals surface area contributed by atoms with E-state index in [9.17, 15) is 19.2 Å². The van der Waals surface area contributed by atoms with Gasteiger partial charge in [-0.05, 0) is 57.0 Å². The summed E-state index contributed by atoms with van der Waals surface area (Å²) >= 11 is 0. The lowest BCUT2D eigenvalue weighted by molar-refractivity contribution is -0.148. The molecule has 0 unspecified atom stereocenters. The van der Waals surface area contributed by atoms with Gasteiger partial charge in [-0.3, -0.25) is 4.79 Å². The van der Waals surface area contributed by atoms with Crippen molar-refractivity contribution in [3.8, 4) is 11.5 Å². The molecule has 11 nitrogen and oxygen atoms in total. The summed E-state index contributed by atoms with van der Waals surface area (Å²) in [5.41, 5.74) is 6.83. The van der Waals surface area contributed by atoms with E-state index in [0.717, 1.165) is 0 Å². The Morgan fingerprint density at radius 1 is 0.838 bits per heavy atom. The van der Waals surface area contributed by atoms with Crippen molar-refractivity contribution in [1.82, 2.24) is 0 Å². The van der Waals surface area contributed by atoms with Crippen molar-refractivity contribution in [3.05, 3.63) is 59.7 Å². The molecule has 0 fully saturated rings. The van der Waals surface area contributed by atoms with Crippen LogP contribution < -0.4 is 15.2 Å². The van der Waals surface area contributed by atoms with E-state index >= 15 is 0 Å². The van der Waals surface area contributed by atoms with E-state index in [-0.39, 0.29) is 50.1 Å². The van der Waals surface area contributed by atoms with Gasteiger partial charge in [0, 0.05) is 0 Å². The highest BCUT2D eigenvalue weighted by Gasteiger charge is 2.21. The molecule has 0 aliphatic heterocycles. The van der Waals surface area contributed by atoms with E-state index in [1.807, 2.05) is 0 Å². The zero-order valence-electron chi connectivity index (χ0n) is 20.7. The van der Waals surface area contributed by atoms with Crippen LogP contribution in [0.1, 0.15) is 36.7 Å². The van der Waals surface area contributed by atoms with E-state index in [4.69, 9.17) is 34.2 Å². The molecule has 2 atom stereocenters. The average molecular weight is 540 g/mol. The van der Waals surface area contributed by atoms with Gasteiger partial charge in [-0.25, -0.2) is 14.4 Å². The molecule has 0 saturated heterocycles. The molecule has 12 heteroatoms. The Kier molecular flexibility index (Phi) is 13.5. The minimum Gasteiger partial charge on any atom is -0.461 e. The van der Waals surface area contributed by atoms with Gasteiger partial charge in [-0.2, -0.15) is 0 Å². The Morgan fingerprint density at radius 2 is 1.43 bits per heavy atom. The van der Waals surface area contributed by atoms with Gasteiger partial charge in [-0.15, -0.1) is 12.4 Å². The summed E-state index contributed by atoms with van der Waals surface area (Å²) in [6.07, 6.45) is -2.68. The second-order valence-electron chi connectivity index (χ2n) is 7.37. The van der Waals surface area contributed by atoms with E-state index in [2.05, 4.69) is 0 Å². The fourth-order valence-corrected chi connectivity index (χ4v) is 2.82. The number of ether oxygens (including phenoxy) is 6. The zero-order chi connectivity index (χ0) is 26.5. The van der Waals surface area contributed by atoms with Crippen LogP contribution in [-0.4, -0.2) is 56.2 Å². The number of halogens is 1. The topological polar surface area (TPSA) is 150 Å². The first-order valence-corrected chi connectivity index (χ1v) is 11.2. The largest absolute Gasteiger partial charge is 0.513 e. The van der Waals surface area contributed by atoms with Crippen molar-refractivity contribution in [1.29, 1.82) is 0 Å². The van der Waals surface area contributed by atoms with Gasteiger partial charge < -0.3 is 34.2 Å². The lowest BCUT2D eigenvalue weighted by Crippen LogP contribution is -2.36. The SMILES string of the molecule is CCOC(=O)Oc1ccc(C[C@H](N)C(=O)OC[C@@H](C)OC(=O)c2ccccc2)cc1OC(=O)OCC.Cl.